The zero-order valence-corrected chi connectivity index (χ0v) is 17.1. The number of nitrogens with zero attached hydrogens (tertiary/aromatic N) is 4. The van der Waals surface area contributed by atoms with Gasteiger partial charge in [-0.15, -0.1) is 10.2 Å². The molecule has 0 bridgehead atoms. The predicted octanol–water partition coefficient (Wildman–Crippen LogP) is 3.94. The van der Waals surface area contributed by atoms with Crippen molar-refractivity contribution < 1.29 is 19.0 Å². The summed E-state index contributed by atoms with van der Waals surface area (Å²) in [4.78, 5) is 15.6. The maximum Gasteiger partial charge on any atom is 0.339 e. The van der Waals surface area contributed by atoms with E-state index in [4.69, 9.17) is 10.5 Å². The SMILES string of the molecule is CC(CCCOc1cc(F)c(Br)cc1C(=O)O)n1cnnc1-c1cccc(N)n1. The molecular formula is C19H19BrFN5O3. The van der Waals surface area contributed by atoms with Crippen LogP contribution in [-0.4, -0.2) is 37.4 Å². The number of anilines is 1. The number of carbonyl (C=O) groups is 1. The summed E-state index contributed by atoms with van der Waals surface area (Å²) in [6.07, 6.45) is 2.94. The first-order chi connectivity index (χ1) is 13.9. The molecule has 0 radical (unpaired) electrons. The molecule has 0 fully saturated rings. The van der Waals surface area contributed by atoms with Crippen LogP contribution in [0.5, 0.6) is 5.75 Å². The van der Waals surface area contributed by atoms with E-state index in [0.717, 1.165) is 6.07 Å². The van der Waals surface area contributed by atoms with E-state index in [1.165, 1.54) is 6.07 Å². The Bertz CT molecular complexity index is 1030. The molecule has 0 saturated carbocycles. The minimum Gasteiger partial charge on any atom is -0.493 e. The summed E-state index contributed by atoms with van der Waals surface area (Å²) in [5.41, 5.74) is 6.27. The Balaban J connectivity index is 1.62. The molecule has 152 valence electrons. The smallest absolute Gasteiger partial charge is 0.339 e. The lowest BCUT2D eigenvalue weighted by Gasteiger charge is -2.16. The van der Waals surface area contributed by atoms with Gasteiger partial charge >= 0.3 is 5.97 Å². The number of pyridine rings is 1. The molecule has 3 rings (SSSR count). The zero-order valence-electron chi connectivity index (χ0n) is 15.5. The number of halogens is 2. The molecule has 1 aromatic carbocycles. The Hall–Kier alpha value is -3.01. The van der Waals surface area contributed by atoms with Gasteiger partial charge in [-0.3, -0.25) is 0 Å². The van der Waals surface area contributed by atoms with E-state index in [1.807, 2.05) is 17.6 Å². The summed E-state index contributed by atoms with van der Waals surface area (Å²) in [6, 6.07) is 7.60. The first-order valence-corrected chi connectivity index (χ1v) is 9.63. The van der Waals surface area contributed by atoms with E-state index in [-0.39, 0.29) is 28.4 Å². The van der Waals surface area contributed by atoms with Crippen LogP contribution in [0.1, 0.15) is 36.2 Å². The van der Waals surface area contributed by atoms with Crippen LogP contribution in [0.25, 0.3) is 11.5 Å². The van der Waals surface area contributed by atoms with Crippen molar-refractivity contribution in [3.8, 4) is 17.3 Å². The number of rotatable bonds is 8. The Kier molecular flexibility index (Phi) is 6.42. The number of nitrogens with two attached hydrogens (primary N) is 1. The largest absolute Gasteiger partial charge is 0.493 e. The Labute approximate surface area is 174 Å². The van der Waals surface area contributed by atoms with Gasteiger partial charge in [0, 0.05) is 12.1 Å². The van der Waals surface area contributed by atoms with Crippen LogP contribution >= 0.6 is 15.9 Å². The van der Waals surface area contributed by atoms with Crippen LogP contribution in [0.15, 0.2) is 41.1 Å². The lowest BCUT2D eigenvalue weighted by Crippen LogP contribution is -2.10. The van der Waals surface area contributed by atoms with Crippen molar-refractivity contribution in [2.45, 2.75) is 25.8 Å². The number of aromatic carboxylic acids is 1. The fourth-order valence-corrected chi connectivity index (χ4v) is 3.18. The van der Waals surface area contributed by atoms with Crippen LogP contribution in [-0.2, 0) is 0 Å². The highest BCUT2D eigenvalue weighted by molar-refractivity contribution is 9.10. The van der Waals surface area contributed by atoms with Gasteiger partial charge in [0.2, 0.25) is 0 Å². The third kappa shape index (κ3) is 4.89. The van der Waals surface area contributed by atoms with E-state index >= 15 is 0 Å². The number of hydrogen-bond donors (Lipinski definition) is 2. The highest BCUT2D eigenvalue weighted by Crippen LogP contribution is 2.27. The monoisotopic (exact) mass is 463 g/mol. The molecule has 0 spiro atoms. The molecule has 1 atom stereocenters. The molecule has 0 aliphatic carbocycles. The Morgan fingerprint density at radius 3 is 2.93 bits per heavy atom. The molecular weight excluding hydrogens is 445 g/mol. The van der Waals surface area contributed by atoms with E-state index in [2.05, 4.69) is 31.1 Å². The van der Waals surface area contributed by atoms with E-state index < -0.39 is 11.8 Å². The van der Waals surface area contributed by atoms with Crippen LogP contribution in [0.2, 0.25) is 0 Å². The summed E-state index contributed by atoms with van der Waals surface area (Å²) in [5.74, 6) is -0.761. The van der Waals surface area contributed by atoms with Crippen molar-refractivity contribution in [1.29, 1.82) is 0 Å². The van der Waals surface area contributed by atoms with Gasteiger partial charge < -0.3 is 20.1 Å². The first-order valence-electron chi connectivity index (χ1n) is 8.84. The molecule has 0 amide bonds. The summed E-state index contributed by atoms with van der Waals surface area (Å²) in [6.45, 7) is 2.24. The van der Waals surface area contributed by atoms with Crippen molar-refractivity contribution >= 4 is 27.7 Å². The van der Waals surface area contributed by atoms with Crippen molar-refractivity contribution in [2.75, 3.05) is 12.3 Å². The maximum absolute atomic E-state index is 13.7. The normalized spacial score (nSPS) is 12.0. The molecule has 29 heavy (non-hydrogen) atoms. The minimum atomic E-state index is -1.18. The first kappa shape index (κ1) is 20.7. The molecule has 2 heterocycles. The van der Waals surface area contributed by atoms with E-state index in [9.17, 15) is 14.3 Å². The van der Waals surface area contributed by atoms with Gasteiger partial charge in [-0.05, 0) is 53.9 Å². The van der Waals surface area contributed by atoms with Gasteiger partial charge in [0.25, 0.3) is 0 Å². The van der Waals surface area contributed by atoms with E-state index in [1.54, 1.807) is 18.5 Å². The molecule has 8 nitrogen and oxygen atoms in total. The second kappa shape index (κ2) is 8.99. The second-order valence-corrected chi connectivity index (χ2v) is 7.27. The van der Waals surface area contributed by atoms with Crippen molar-refractivity contribution in [1.82, 2.24) is 19.7 Å². The molecule has 0 aliphatic heterocycles. The van der Waals surface area contributed by atoms with Crippen LogP contribution in [0, 0.1) is 5.82 Å². The van der Waals surface area contributed by atoms with Gasteiger partial charge in [-0.2, -0.15) is 0 Å². The molecule has 0 saturated heterocycles. The van der Waals surface area contributed by atoms with E-state index in [0.29, 0.717) is 30.2 Å². The lowest BCUT2D eigenvalue weighted by molar-refractivity contribution is 0.0692. The number of carboxylic acid groups (broad SMARTS) is 1. The number of carboxylic acids is 1. The van der Waals surface area contributed by atoms with Gasteiger partial charge in [0.1, 0.15) is 35.0 Å². The number of aromatic nitrogens is 4. The average Bonchev–Trinajstić information content (AvgIpc) is 3.17. The Morgan fingerprint density at radius 2 is 2.21 bits per heavy atom. The molecule has 3 N–H and O–H groups in total. The summed E-state index contributed by atoms with van der Waals surface area (Å²) < 4.78 is 21.2. The predicted molar refractivity (Wildman–Crippen MR) is 108 cm³/mol. The fourth-order valence-electron chi connectivity index (χ4n) is 2.84. The molecule has 10 heteroatoms. The van der Waals surface area contributed by atoms with Crippen molar-refractivity contribution in [3.05, 3.63) is 52.5 Å². The number of benzene rings is 1. The number of hydrogen-bond acceptors (Lipinski definition) is 6. The minimum absolute atomic E-state index is 0.000185. The fraction of sp³-hybridized carbons (Fsp3) is 0.263. The molecule has 2 aromatic heterocycles. The highest BCUT2D eigenvalue weighted by atomic mass is 79.9. The quantitative estimate of drug-likeness (QED) is 0.485. The summed E-state index contributed by atoms with van der Waals surface area (Å²) >= 11 is 2.98. The van der Waals surface area contributed by atoms with Crippen LogP contribution in [0.3, 0.4) is 0 Å². The van der Waals surface area contributed by atoms with Gasteiger partial charge in [-0.25, -0.2) is 14.2 Å². The number of nitrogen functional groups attached to an aromatic ring is 1. The third-order valence-electron chi connectivity index (χ3n) is 4.32. The highest BCUT2D eigenvalue weighted by Gasteiger charge is 2.17. The van der Waals surface area contributed by atoms with Gasteiger partial charge in [0.05, 0.1) is 11.1 Å². The van der Waals surface area contributed by atoms with Gasteiger partial charge in [-0.1, -0.05) is 6.07 Å². The topological polar surface area (TPSA) is 116 Å². The van der Waals surface area contributed by atoms with Gasteiger partial charge in [0.15, 0.2) is 5.82 Å². The van der Waals surface area contributed by atoms with Crippen molar-refractivity contribution in [3.63, 3.8) is 0 Å². The summed E-state index contributed by atoms with van der Waals surface area (Å²) in [5, 5.41) is 17.3. The van der Waals surface area contributed by atoms with Crippen LogP contribution < -0.4 is 10.5 Å². The zero-order chi connectivity index (χ0) is 21.0. The molecule has 1 unspecified atom stereocenters. The maximum atomic E-state index is 13.7. The second-order valence-electron chi connectivity index (χ2n) is 6.42. The average molecular weight is 464 g/mol. The standard InChI is InChI=1S/C19H19BrFN5O3/c1-11(26-10-23-25-18(26)15-5-2-6-17(22)24-15)4-3-7-29-16-9-14(21)13(20)8-12(16)19(27)28/h2,5-6,8-11H,3-4,7H2,1H3,(H2,22,24)(H,27,28). The van der Waals surface area contributed by atoms with Crippen molar-refractivity contribution in [2.24, 2.45) is 0 Å². The molecule has 0 aliphatic rings. The third-order valence-corrected chi connectivity index (χ3v) is 4.93. The summed E-state index contributed by atoms with van der Waals surface area (Å²) in [7, 11) is 0. The Morgan fingerprint density at radius 1 is 1.41 bits per heavy atom. The number of ether oxygens (including phenoxy) is 1. The lowest BCUT2D eigenvalue weighted by atomic mass is 10.1. The van der Waals surface area contributed by atoms with Crippen LogP contribution in [0.4, 0.5) is 10.2 Å². The molecule has 3 aromatic rings.